The van der Waals surface area contributed by atoms with Gasteiger partial charge in [-0.2, -0.15) is 0 Å². The lowest BCUT2D eigenvalue weighted by Gasteiger charge is -2.05. The van der Waals surface area contributed by atoms with E-state index in [1.165, 1.54) is 30.5 Å². The van der Waals surface area contributed by atoms with Gasteiger partial charge >= 0.3 is 5.97 Å². The van der Waals surface area contributed by atoms with Crippen LogP contribution in [0.15, 0.2) is 42.6 Å². The molecule has 0 bridgehead atoms. The lowest BCUT2D eigenvalue weighted by molar-refractivity contribution is -0.385. The van der Waals surface area contributed by atoms with Crippen molar-refractivity contribution in [3.63, 3.8) is 0 Å². The maximum Gasteiger partial charge on any atom is 0.345 e. The van der Waals surface area contributed by atoms with E-state index in [2.05, 4.69) is 4.98 Å². The molecule has 6 nitrogen and oxygen atoms in total. The van der Waals surface area contributed by atoms with Crippen LogP contribution in [-0.2, 0) is 11.3 Å². The van der Waals surface area contributed by atoms with E-state index in [1.54, 1.807) is 12.1 Å². The first-order valence-electron chi connectivity index (χ1n) is 5.59. The summed E-state index contributed by atoms with van der Waals surface area (Å²) in [5.74, 6) is -0.757. The predicted octanol–water partition coefficient (Wildman–Crippen LogP) is 3.00. The fraction of sp³-hybridized carbons (Fsp3) is 0.0769. The van der Waals surface area contributed by atoms with Crippen molar-refractivity contribution in [2.24, 2.45) is 0 Å². The van der Waals surface area contributed by atoms with Crippen LogP contribution in [0.4, 0.5) is 5.69 Å². The zero-order chi connectivity index (χ0) is 14.5. The molecule has 1 aromatic carbocycles. The maximum atomic E-state index is 11.8. The van der Waals surface area contributed by atoms with E-state index in [4.69, 9.17) is 16.3 Å². The molecule has 2 rings (SSSR count). The average Bonchev–Trinajstić information content (AvgIpc) is 2.46. The van der Waals surface area contributed by atoms with Gasteiger partial charge in [-0.3, -0.25) is 10.1 Å². The Bertz CT molecular complexity index is 643. The Morgan fingerprint density at radius 1 is 1.30 bits per heavy atom. The van der Waals surface area contributed by atoms with Gasteiger partial charge in [-0.05, 0) is 12.1 Å². The van der Waals surface area contributed by atoms with E-state index in [0.717, 1.165) is 0 Å². The Hall–Kier alpha value is -2.47. The fourth-order valence-electron chi connectivity index (χ4n) is 1.52. The first-order valence-corrected chi connectivity index (χ1v) is 5.96. The first-order chi connectivity index (χ1) is 9.58. The van der Waals surface area contributed by atoms with Gasteiger partial charge in [0.25, 0.3) is 5.69 Å². The Balaban J connectivity index is 2.09. The van der Waals surface area contributed by atoms with Crippen molar-refractivity contribution in [1.82, 2.24) is 4.98 Å². The molecule has 20 heavy (non-hydrogen) atoms. The van der Waals surface area contributed by atoms with Crippen LogP contribution in [-0.4, -0.2) is 15.9 Å². The zero-order valence-corrected chi connectivity index (χ0v) is 10.9. The highest BCUT2D eigenvalue weighted by Crippen LogP contribution is 2.19. The molecule has 0 spiro atoms. The van der Waals surface area contributed by atoms with Crippen LogP contribution in [0, 0.1) is 10.1 Å². The van der Waals surface area contributed by atoms with Crippen molar-refractivity contribution >= 4 is 23.3 Å². The van der Waals surface area contributed by atoms with Crippen molar-refractivity contribution in [1.29, 1.82) is 0 Å². The number of carbonyl (C=O) groups is 1. The Kier molecular flexibility index (Phi) is 4.27. The molecular formula is C13H9ClN2O4. The van der Waals surface area contributed by atoms with Crippen LogP contribution in [0.1, 0.15) is 15.9 Å². The molecule has 1 heterocycles. The Morgan fingerprint density at radius 3 is 2.70 bits per heavy atom. The number of aromatic nitrogens is 1. The van der Waals surface area contributed by atoms with E-state index in [1.807, 2.05) is 0 Å². The summed E-state index contributed by atoms with van der Waals surface area (Å²) in [6, 6.07) is 8.84. The van der Waals surface area contributed by atoms with E-state index in [0.29, 0.717) is 10.7 Å². The molecule has 0 aliphatic heterocycles. The second kappa shape index (κ2) is 6.12. The molecule has 0 fully saturated rings. The highest BCUT2D eigenvalue weighted by molar-refractivity contribution is 6.29. The van der Waals surface area contributed by atoms with E-state index in [9.17, 15) is 14.9 Å². The van der Waals surface area contributed by atoms with Crippen molar-refractivity contribution in [3.05, 3.63) is 69.0 Å². The number of nitrogens with zero attached hydrogens (tertiary/aromatic N) is 2. The fourth-order valence-corrected chi connectivity index (χ4v) is 1.64. The maximum absolute atomic E-state index is 11.8. The van der Waals surface area contributed by atoms with Gasteiger partial charge in [0.2, 0.25) is 0 Å². The zero-order valence-electron chi connectivity index (χ0n) is 10.2. The van der Waals surface area contributed by atoms with E-state index < -0.39 is 10.9 Å². The summed E-state index contributed by atoms with van der Waals surface area (Å²) in [5, 5.41) is 11.1. The summed E-state index contributed by atoms with van der Waals surface area (Å²) in [4.78, 5) is 25.9. The number of para-hydroxylation sites is 1. The SMILES string of the molecule is O=C(OCc1ccc(Cl)nc1)c1ccccc1[N+](=O)[O-]. The second-order valence-corrected chi connectivity index (χ2v) is 4.23. The molecule has 0 atom stereocenters. The number of esters is 1. The summed E-state index contributed by atoms with van der Waals surface area (Å²) >= 11 is 5.63. The largest absolute Gasteiger partial charge is 0.457 e. The minimum absolute atomic E-state index is 0.0327. The monoisotopic (exact) mass is 292 g/mol. The van der Waals surface area contributed by atoms with Crippen LogP contribution in [0.2, 0.25) is 5.15 Å². The second-order valence-electron chi connectivity index (χ2n) is 3.84. The van der Waals surface area contributed by atoms with Gasteiger partial charge in [0.15, 0.2) is 0 Å². The summed E-state index contributed by atoms with van der Waals surface area (Å²) in [6.45, 7) is -0.0327. The number of carbonyl (C=O) groups excluding carboxylic acids is 1. The molecule has 0 saturated heterocycles. The van der Waals surface area contributed by atoms with Gasteiger partial charge in [-0.1, -0.05) is 29.8 Å². The first kappa shape index (κ1) is 14.0. The molecule has 2 aromatic rings. The average molecular weight is 293 g/mol. The predicted molar refractivity (Wildman–Crippen MR) is 71.5 cm³/mol. The number of halogens is 1. The van der Waals surface area contributed by atoms with Crippen LogP contribution in [0.5, 0.6) is 0 Å². The third kappa shape index (κ3) is 3.30. The van der Waals surface area contributed by atoms with Crippen LogP contribution in [0.3, 0.4) is 0 Å². The molecule has 0 unspecified atom stereocenters. The molecule has 0 radical (unpaired) electrons. The number of hydrogen-bond donors (Lipinski definition) is 0. The highest BCUT2D eigenvalue weighted by atomic mass is 35.5. The molecule has 7 heteroatoms. The van der Waals surface area contributed by atoms with Gasteiger partial charge in [0.05, 0.1) is 4.92 Å². The van der Waals surface area contributed by atoms with Crippen molar-refractivity contribution in [3.8, 4) is 0 Å². The third-order valence-corrected chi connectivity index (χ3v) is 2.70. The molecule has 0 amide bonds. The Labute approximate surface area is 119 Å². The van der Waals surface area contributed by atoms with Crippen LogP contribution < -0.4 is 0 Å². The van der Waals surface area contributed by atoms with Crippen LogP contribution in [0.25, 0.3) is 0 Å². The number of hydrogen-bond acceptors (Lipinski definition) is 5. The molecule has 102 valence electrons. The highest BCUT2D eigenvalue weighted by Gasteiger charge is 2.20. The number of nitro groups is 1. The van der Waals surface area contributed by atoms with Gasteiger partial charge < -0.3 is 4.74 Å². The van der Waals surface area contributed by atoms with Crippen molar-refractivity contribution < 1.29 is 14.5 Å². The number of ether oxygens (including phenoxy) is 1. The van der Waals surface area contributed by atoms with Gasteiger partial charge in [-0.15, -0.1) is 0 Å². The minimum atomic E-state index is -0.757. The van der Waals surface area contributed by atoms with Crippen molar-refractivity contribution in [2.75, 3.05) is 0 Å². The van der Waals surface area contributed by atoms with Crippen LogP contribution >= 0.6 is 11.6 Å². The normalized spacial score (nSPS) is 10.1. The quantitative estimate of drug-likeness (QED) is 0.374. The number of pyridine rings is 1. The van der Waals surface area contributed by atoms with E-state index in [-0.39, 0.29) is 17.9 Å². The molecular weight excluding hydrogens is 284 g/mol. The number of nitro benzene ring substituents is 1. The molecule has 0 aliphatic rings. The van der Waals surface area contributed by atoms with Crippen molar-refractivity contribution in [2.45, 2.75) is 6.61 Å². The minimum Gasteiger partial charge on any atom is -0.457 e. The smallest absolute Gasteiger partial charge is 0.345 e. The molecule has 1 aromatic heterocycles. The van der Waals surface area contributed by atoms with Gasteiger partial charge in [-0.25, -0.2) is 9.78 Å². The topological polar surface area (TPSA) is 82.3 Å². The summed E-state index contributed by atoms with van der Waals surface area (Å²) in [7, 11) is 0. The summed E-state index contributed by atoms with van der Waals surface area (Å²) in [5.41, 5.74) is 0.271. The lowest BCUT2D eigenvalue weighted by Crippen LogP contribution is -2.08. The third-order valence-electron chi connectivity index (χ3n) is 2.48. The van der Waals surface area contributed by atoms with Gasteiger partial charge in [0.1, 0.15) is 17.3 Å². The number of benzene rings is 1. The Morgan fingerprint density at radius 2 is 2.05 bits per heavy atom. The summed E-state index contributed by atoms with van der Waals surface area (Å²) < 4.78 is 5.02. The molecule has 0 saturated carbocycles. The van der Waals surface area contributed by atoms with E-state index >= 15 is 0 Å². The number of rotatable bonds is 4. The molecule has 0 aliphatic carbocycles. The lowest BCUT2D eigenvalue weighted by atomic mass is 10.2. The van der Waals surface area contributed by atoms with Gasteiger partial charge in [0, 0.05) is 17.8 Å². The standard InChI is InChI=1S/C13H9ClN2O4/c14-12-6-5-9(7-15-12)8-20-13(17)10-3-1-2-4-11(10)16(18)19/h1-7H,8H2. The molecule has 0 N–H and O–H groups in total. The summed E-state index contributed by atoms with van der Waals surface area (Å²) in [6.07, 6.45) is 1.47.